The first-order chi connectivity index (χ1) is 14.9. The highest BCUT2D eigenvalue weighted by molar-refractivity contribution is 5.96. The van der Waals surface area contributed by atoms with Crippen LogP contribution in [0.3, 0.4) is 0 Å². The zero-order valence-electron chi connectivity index (χ0n) is 17.2. The standard InChI is InChI=1S/C21H25N5O5/c1-3-8-31-20(30)13-4-5-14-12(11(13)2)6-7-15(14)24-18(27)17-9-16(19(28)29)25-21-22-10-23-26(17)21/h3,9-15H,1,4-8H2,2H3,(H,24,27)(H,28,29)/t11?,12-,13?,14?,15-/m0/s1. The number of carbonyl (C=O) groups excluding carboxylic acids is 2. The van der Waals surface area contributed by atoms with Crippen molar-refractivity contribution in [3.8, 4) is 0 Å². The van der Waals surface area contributed by atoms with Gasteiger partial charge in [0.2, 0.25) is 0 Å². The van der Waals surface area contributed by atoms with Crippen LogP contribution in [-0.4, -0.2) is 55.2 Å². The van der Waals surface area contributed by atoms with Crippen LogP contribution >= 0.6 is 0 Å². The molecule has 2 aromatic heterocycles. The third kappa shape index (κ3) is 3.89. The minimum absolute atomic E-state index is 0.0508. The number of aromatic nitrogens is 4. The molecule has 5 atom stereocenters. The molecule has 0 aliphatic heterocycles. The molecule has 2 N–H and O–H groups in total. The molecule has 31 heavy (non-hydrogen) atoms. The molecule has 0 saturated heterocycles. The molecule has 0 spiro atoms. The molecule has 2 aliphatic rings. The van der Waals surface area contributed by atoms with Crippen LogP contribution in [-0.2, 0) is 9.53 Å². The molecular weight excluding hydrogens is 402 g/mol. The lowest BCUT2D eigenvalue weighted by Gasteiger charge is -2.38. The van der Waals surface area contributed by atoms with E-state index in [9.17, 15) is 19.5 Å². The van der Waals surface area contributed by atoms with Gasteiger partial charge in [-0.25, -0.2) is 9.78 Å². The molecule has 164 valence electrons. The Labute approximate surface area is 178 Å². The fourth-order valence-electron chi connectivity index (χ4n) is 5.19. The minimum Gasteiger partial charge on any atom is -0.477 e. The summed E-state index contributed by atoms with van der Waals surface area (Å²) in [6.07, 6.45) is 6.05. The van der Waals surface area contributed by atoms with Crippen molar-refractivity contribution in [2.75, 3.05) is 6.61 Å². The molecule has 2 heterocycles. The molecule has 4 rings (SSSR count). The molecule has 0 aromatic carbocycles. The highest BCUT2D eigenvalue weighted by atomic mass is 16.5. The molecule has 2 aromatic rings. The van der Waals surface area contributed by atoms with Crippen LogP contribution in [0.15, 0.2) is 25.0 Å². The summed E-state index contributed by atoms with van der Waals surface area (Å²) in [5, 5.41) is 16.3. The van der Waals surface area contributed by atoms with Gasteiger partial charge in [0, 0.05) is 12.1 Å². The highest BCUT2D eigenvalue weighted by Gasteiger charge is 2.47. The second kappa shape index (κ2) is 8.44. The van der Waals surface area contributed by atoms with Crippen LogP contribution in [0.2, 0.25) is 0 Å². The summed E-state index contributed by atoms with van der Waals surface area (Å²) in [4.78, 5) is 44.6. The number of carbonyl (C=O) groups is 3. The Morgan fingerprint density at radius 3 is 2.81 bits per heavy atom. The number of rotatable bonds is 6. The molecule has 0 bridgehead atoms. The van der Waals surface area contributed by atoms with Gasteiger partial charge in [0.1, 0.15) is 18.6 Å². The normalized spacial score (nSPS) is 27.5. The van der Waals surface area contributed by atoms with Gasteiger partial charge in [0.15, 0.2) is 5.69 Å². The zero-order chi connectivity index (χ0) is 22.1. The fraction of sp³-hybridized carbons (Fsp3) is 0.524. The van der Waals surface area contributed by atoms with E-state index in [4.69, 9.17) is 4.74 Å². The number of hydrogen-bond donors (Lipinski definition) is 2. The van der Waals surface area contributed by atoms with Gasteiger partial charge in [-0.3, -0.25) is 9.59 Å². The Balaban J connectivity index is 1.48. The number of carboxylic acid groups (broad SMARTS) is 1. The average molecular weight is 427 g/mol. The van der Waals surface area contributed by atoms with Gasteiger partial charge in [0.05, 0.1) is 5.92 Å². The van der Waals surface area contributed by atoms with E-state index < -0.39 is 11.9 Å². The van der Waals surface area contributed by atoms with Crippen molar-refractivity contribution in [2.24, 2.45) is 23.7 Å². The summed E-state index contributed by atoms with van der Waals surface area (Å²) < 4.78 is 6.51. The Morgan fingerprint density at radius 1 is 1.29 bits per heavy atom. The smallest absolute Gasteiger partial charge is 0.354 e. The summed E-state index contributed by atoms with van der Waals surface area (Å²) >= 11 is 0. The fourth-order valence-corrected chi connectivity index (χ4v) is 5.19. The zero-order valence-corrected chi connectivity index (χ0v) is 17.2. The van der Waals surface area contributed by atoms with E-state index in [1.165, 1.54) is 16.9 Å². The number of fused-ring (bicyclic) bond motifs is 2. The number of carboxylic acids is 1. The van der Waals surface area contributed by atoms with E-state index >= 15 is 0 Å². The van der Waals surface area contributed by atoms with Crippen LogP contribution in [0, 0.1) is 23.7 Å². The van der Waals surface area contributed by atoms with E-state index in [0.29, 0.717) is 5.92 Å². The van der Waals surface area contributed by atoms with E-state index in [1.54, 1.807) is 6.08 Å². The van der Waals surface area contributed by atoms with Crippen molar-refractivity contribution in [2.45, 2.75) is 38.6 Å². The molecule has 10 nitrogen and oxygen atoms in total. The predicted molar refractivity (Wildman–Crippen MR) is 108 cm³/mol. The second-order valence-corrected chi connectivity index (χ2v) is 8.25. The summed E-state index contributed by atoms with van der Waals surface area (Å²) in [5.74, 6) is -1.16. The Bertz CT molecular complexity index is 1030. The van der Waals surface area contributed by atoms with E-state index in [-0.39, 0.29) is 53.5 Å². The van der Waals surface area contributed by atoms with Crippen LogP contribution < -0.4 is 5.32 Å². The molecule has 10 heteroatoms. The van der Waals surface area contributed by atoms with Gasteiger partial charge in [-0.05, 0) is 43.4 Å². The molecule has 2 aliphatic carbocycles. The third-order valence-corrected chi connectivity index (χ3v) is 6.67. The summed E-state index contributed by atoms with van der Waals surface area (Å²) in [6, 6.07) is 1.16. The number of esters is 1. The largest absolute Gasteiger partial charge is 0.477 e. The number of amides is 1. The lowest BCUT2D eigenvalue weighted by Crippen LogP contribution is -2.44. The number of nitrogens with one attached hydrogen (secondary N) is 1. The molecule has 1 amide bonds. The van der Waals surface area contributed by atoms with Gasteiger partial charge >= 0.3 is 11.9 Å². The van der Waals surface area contributed by atoms with E-state index in [0.717, 1.165) is 25.7 Å². The average Bonchev–Trinajstić information content (AvgIpc) is 3.39. The van der Waals surface area contributed by atoms with Gasteiger partial charge in [-0.15, -0.1) is 0 Å². The first kappa shape index (κ1) is 21.0. The number of ether oxygens (including phenoxy) is 1. The second-order valence-electron chi connectivity index (χ2n) is 8.25. The SMILES string of the molecule is C=CCOC(=O)C1CCC2[C@@H](CC[C@@H]2NC(=O)c2cc(C(=O)O)nc3ncnn23)C1C. The van der Waals surface area contributed by atoms with Crippen molar-refractivity contribution in [1.82, 2.24) is 24.9 Å². The highest BCUT2D eigenvalue weighted by Crippen LogP contribution is 2.48. The van der Waals surface area contributed by atoms with Crippen molar-refractivity contribution in [3.05, 3.63) is 36.4 Å². The summed E-state index contributed by atoms with van der Waals surface area (Å²) in [6.45, 7) is 5.88. The lowest BCUT2D eigenvalue weighted by molar-refractivity contribution is -0.152. The van der Waals surface area contributed by atoms with Gasteiger partial charge in [-0.1, -0.05) is 19.6 Å². The molecule has 2 fully saturated rings. The number of nitrogens with zero attached hydrogens (tertiary/aromatic N) is 4. The summed E-state index contributed by atoms with van der Waals surface area (Å²) in [7, 11) is 0. The molecule has 0 radical (unpaired) electrons. The van der Waals surface area contributed by atoms with Crippen molar-refractivity contribution in [1.29, 1.82) is 0 Å². The van der Waals surface area contributed by atoms with Gasteiger partial charge in [0.25, 0.3) is 11.7 Å². The van der Waals surface area contributed by atoms with Crippen molar-refractivity contribution in [3.63, 3.8) is 0 Å². The summed E-state index contributed by atoms with van der Waals surface area (Å²) in [5.41, 5.74) is -0.180. The van der Waals surface area contributed by atoms with Crippen molar-refractivity contribution < 1.29 is 24.2 Å². The van der Waals surface area contributed by atoms with Crippen molar-refractivity contribution >= 4 is 23.6 Å². The topological polar surface area (TPSA) is 136 Å². The van der Waals surface area contributed by atoms with Crippen LogP contribution in [0.5, 0.6) is 0 Å². The lowest BCUT2D eigenvalue weighted by atomic mass is 9.68. The quantitative estimate of drug-likeness (QED) is 0.525. The van der Waals surface area contributed by atoms with Crippen LogP contribution in [0.4, 0.5) is 0 Å². The number of hydrogen-bond acceptors (Lipinski definition) is 7. The van der Waals surface area contributed by atoms with Gasteiger partial charge < -0.3 is 15.2 Å². The molecule has 2 saturated carbocycles. The number of aromatic carboxylic acids is 1. The maximum atomic E-state index is 13.0. The minimum atomic E-state index is -1.24. The van der Waals surface area contributed by atoms with Crippen LogP contribution in [0.25, 0.3) is 5.78 Å². The Morgan fingerprint density at radius 2 is 2.06 bits per heavy atom. The molecule has 3 unspecified atom stereocenters. The first-order valence-electron chi connectivity index (χ1n) is 10.4. The van der Waals surface area contributed by atoms with E-state index in [2.05, 4.69) is 33.9 Å². The van der Waals surface area contributed by atoms with Gasteiger partial charge in [-0.2, -0.15) is 14.6 Å². The maximum Gasteiger partial charge on any atom is 0.354 e. The van der Waals surface area contributed by atoms with E-state index in [1.807, 2.05) is 0 Å². The molecular formula is C21H25N5O5. The first-order valence-corrected chi connectivity index (χ1v) is 10.4. The monoisotopic (exact) mass is 427 g/mol. The Kier molecular flexibility index (Phi) is 5.71. The van der Waals surface area contributed by atoms with Crippen LogP contribution in [0.1, 0.15) is 53.6 Å². The third-order valence-electron chi connectivity index (χ3n) is 6.67. The predicted octanol–water partition coefficient (Wildman–Crippen LogP) is 1.72. The Hall–Kier alpha value is -3.30. The maximum absolute atomic E-state index is 13.0.